The van der Waals surface area contributed by atoms with Gasteiger partial charge >= 0.3 is 5.97 Å². The van der Waals surface area contributed by atoms with Crippen molar-refractivity contribution in [2.75, 3.05) is 7.11 Å². The Morgan fingerprint density at radius 2 is 1.93 bits per heavy atom. The Morgan fingerprint density at radius 3 is 2.43 bits per heavy atom. The fraction of sp³-hybridized carbons (Fsp3) is 0.909. The first-order valence-electron chi connectivity index (χ1n) is 5.45. The summed E-state index contributed by atoms with van der Waals surface area (Å²) in [5.74, 6) is -0.714. The molecule has 0 radical (unpaired) electrons. The standard InChI is InChI=1S/C11H22O3/c1-3-4-5-7-10(14-2)8-6-9-11(12)13/h10H,3-9H2,1-2H3,(H,12,13). The molecule has 0 aromatic rings. The minimum absolute atomic E-state index is 0.251. The van der Waals surface area contributed by atoms with Gasteiger partial charge in [-0.1, -0.05) is 26.2 Å². The summed E-state index contributed by atoms with van der Waals surface area (Å²) in [5.41, 5.74) is 0. The highest BCUT2D eigenvalue weighted by Crippen LogP contribution is 2.12. The molecule has 0 fully saturated rings. The Morgan fingerprint density at radius 1 is 1.29 bits per heavy atom. The molecule has 0 rings (SSSR count). The molecular formula is C11H22O3. The monoisotopic (exact) mass is 202 g/mol. The van der Waals surface area contributed by atoms with Crippen LogP contribution in [0.25, 0.3) is 0 Å². The number of carboxylic acids is 1. The fourth-order valence-electron chi connectivity index (χ4n) is 1.48. The molecule has 0 aliphatic carbocycles. The topological polar surface area (TPSA) is 46.5 Å². The number of carbonyl (C=O) groups is 1. The molecule has 14 heavy (non-hydrogen) atoms. The highest BCUT2D eigenvalue weighted by molar-refractivity contribution is 5.66. The zero-order chi connectivity index (χ0) is 10.8. The summed E-state index contributed by atoms with van der Waals surface area (Å²) in [4.78, 5) is 10.3. The van der Waals surface area contributed by atoms with Crippen molar-refractivity contribution in [1.29, 1.82) is 0 Å². The lowest BCUT2D eigenvalue weighted by atomic mass is 10.1. The zero-order valence-electron chi connectivity index (χ0n) is 9.29. The number of methoxy groups -OCH3 is 1. The Bertz CT molecular complexity index is 145. The molecule has 0 bridgehead atoms. The summed E-state index contributed by atoms with van der Waals surface area (Å²) in [6.07, 6.45) is 6.79. The second-order valence-electron chi connectivity index (χ2n) is 3.64. The van der Waals surface area contributed by atoms with Crippen LogP contribution in [-0.4, -0.2) is 24.3 Å². The van der Waals surface area contributed by atoms with Crippen LogP contribution in [0.2, 0.25) is 0 Å². The van der Waals surface area contributed by atoms with E-state index in [0.29, 0.717) is 0 Å². The Hall–Kier alpha value is -0.570. The molecule has 0 spiro atoms. The van der Waals surface area contributed by atoms with Crippen molar-refractivity contribution in [3.05, 3.63) is 0 Å². The van der Waals surface area contributed by atoms with Crippen LogP contribution in [0.3, 0.4) is 0 Å². The molecule has 0 saturated carbocycles. The van der Waals surface area contributed by atoms with E-state index in [1.807, 2.05) is 0 Å². The maximum absolute atomic E-state index is 10.3. The largest absolute Gasteiger partial charge is 0.481 e. The van der Waals surface area contributed by atoms with Crippen LogP contribution in [-0.2, 0) is 9.53 Å². The highest BCUT2D eigenvalue weighted by atomic mass is 16.5. The Balaban J connectivity index is 3.42. The molecule has 0 amide bonds. The fourth-order valence-corrected chi connectivity index (χ4v) is 1.48. The Labute approximate surface area is 86.5 Å². The lowest BCUT2D eigenvalue weighted by molar-refractivity contribution is -0.137. The maximum atomic E-state index is 10.3. The lowest BCUT2D eigenvalue weighted by Crippen LogP contribution is -2.11. The van der Waals surface area contributed by atoms with Gasteiger partial charge in [0, 0.05) is 13.5 Å². The summed E-state index contributed by atoms with van der Waals surface area (Å²) < 4.78 is 5.29. The number of hydrogen-bond acceptors (Lipinski definition) is 2. The molecule has 0 aromatic carbocycles. The summed E-state index contributed by atoms with van der Waals surface area (Å²) >= 11 is 0. The van der Waals surface area contributed by atoms with Gasteiger partial charge in [-0.3, -0.25) is 4.79 Å². The molecule has 0 aliphatic rings. The van der Waals surface area contributed by atoms with Crippen LogP contribution in [0.4, 0.5) is 0 Å². The predicted octanol–water partition coefficient (Wildman–Crippen LogP) is 2.84. The SMILES string of the molecule is CCCCCC(CCCC(=O)O)OC. The van der Waals surface area contributed by atoms with Gasteiger partial charge in [0.1, 0.15) is 0 Å². The van der Waals surface area contributed by atoms with Crippen molar-refractivity contribution in [2.24, 2.45) is 0 Å². The van der Waals surface area contributed by atoms with Gasteiger partial charge in [-0.25, -0.2) is 0 Å². The van der Waals surface area contributed by atoms with Crippen LogP contribution < -0.4 is 0 Å². The Kier molecular flexibility index (Phi) is 8.64. The number of carboxylic acid groups (broad SMARTS) is 1. The minimum Gasteiger partial charge on any atom is -0.481 e. The van der Waals surface area contributed by atoms with Crippen LogP contribution >= 0.6 is 0 Å². The summed E-state index contributed by atoms with van der Waals surface area (Å²) in [7, 11) is 1.71. The molecule has 0 aromatic heterocycles. The molecule has 1 atom stereocenters. The van der Waals surface area contributed by atoms with Crippen LogP contribution in [0.15, 0.2) is 0 Å². The number of hydrogen-bond donors (Lipinski definition) is 1. The van der Waals surface area contributed by atoms with Crippen LogP contribution in [0, 0.1) is 0 Å². The van der Waals surface area contributed by atoms with Gasteiger partial charge in [-0.15, -0.1) is 0 Å². The van der Waals surface area contributed by atoms with Crippen molar-refractivity contribution in [3.63, 3.8) is 0 Å². The number of ether oxygens (including phenoxy) is 1. The van der Waals surface area contributed by atoms with Gasteiger partial charge in [-0.05, 0) is 19.3 Å². The van der Waals surface area contributed by atoms with Crippen molar-refractivity contribution >= 4 is 5.97 Å². The van der Waals surface area contributed by atoms with Gasteiger partial charge in [0.2, 0.25) is 0 Å². The van der Waals surface area contributed by atoms with E-state index < -0.39 is 5.97 Å². The van der Waals surface area contributed by atoms with Gasteiger partial charge in [0.05, 0.1) is 6.10 Å². The molecule has 0 heterocycles. The van der Waals surface area contributed by atoms with E-state index in [4.69, 9.17) is 9.84 Å². The third kappa shape index (κ3) is 8.05. The number of unbranched alkanes of at least 4 members (excludes halogenated alkanes) is 2. The zero-order valence-corrected chi connectivity index (χ0v) is 9.29. The minimum atomic E-state index is -0.714. The van der Waals surface area contributed by atoms with E-state index in [-0.39, 0.29) is 12.5 Å². The lowest BCUT2D eigenvalue weighted by Gasteiger charge is -2.14. The third-order valence-electron chi connectivity index (χ3n) is 2.38. The molecular weight excluding hydrogens is 180 g/mol. The normalized spacial score (nSPS) is 12.7. The highest BCUT2D eigenvalue weighted by Gasteiger charge is 2.07. The average Bonchev–Trinajstić information content (AvgIpc) is 2.15. The molecule has 3 heteroatoms. The molecule has 1 unspecified atom stereocenters. The van der Waals surface area contributed by atoms with E-state index in [1.54, 1.807) is 7.11 Å². The van der Waals surface area contributed by atoms with E-state index in [2.05, 4.69) is 6.92 Å². The predicted molar refractivity (Wildman–Crippen MR) is 56.4 cm³/mol. The first-order valence-corrected chi connectivity index (χ1v) is 5.45. The van der Waals surface area contributed by atoms with Crippen LogP contribution in [0.1, 0.15) is 51.9 Å². The van der Waals surface area contributed by atoms with Crippen molar-refractivity contribution in [2.45, 2.75) is 58.0 Å². The van der Waals surface area contributed by atoms with Gasteiger partial charge < -0.3 is 9.84 Å². The molecule has 84 valence electrons. The summed E-state index contributed by atoms with van der Waals surface area (Å²) in [6.45, 7) is 2.17. The summed E-state index contributed by atoms with van der Waals surface area (Å²) in [5, 5.41) is 8.47. The van der Waals surface area contributed by atoms with E-state index in [1.165, 1.54) is 19.3 Å². The molecule has 0 aliphatic heterocycles. The molecule has 3 nitrogen and oxygen atoms in total. The first-order chi connectivity index (χ1) is 6.70. The van der Waals surface area contributed by atoms with E-state index in [9.17, 15) is 4.79 Å². The first kappa shape index (κ1) is 13.4. The smallest absolute Gasteiger partial charge is 0.303 e. The van der Waals surface area contributed by atoms with Crippen molar-refractivity contribution in [1.82, 2.24) is 0 Å². The third-order valence-corrected chi connectivity index (χ3v) is 2.38. The average molecular weight is 202 g/mol. The van der Waals surface area contributed by atoms with Gasteiger partial charge in [0.25, 0.3) is 0 Å². The molecule has 0 saturated heterocycles. The quantitative estimate of drug-likeness (QED) is 0.585. The van der Waals surface area contributed by atoms with E-state index in [0.717, 1.165) is 19.3 Å². The summed E-state index contributed by atoms with van der Waals surface area (Å²) in [6, 6.07) is 0. The second-order valence-corrected chi connectivity index (χ2v) is 3.64. The second kappa shape index (κ2) is 9.00. The van der Waals surface area contributed by atoms with Gasteiger partial charge in [0.15, 0.2) is 0 Å². The van der Waals surface area contributed by atoms with Crippen LogP contribution in [0.5, 0.6) is 0 Å². The van der Waals surface area contributed by atoms with Gasteiger partial charge in [-0.2, -0.15) is 0 Å². The van der Waals surface area contributed by atoms with Crippen molar-refractivity contribution < 1.29 is 14.6 Å². The maximum Gasteiger partial charge on any atom is 0.303 e. The van der Waals surface area contributed by atoms with Crippen molar-refractivity contribution in [3.8, 4) is 0 Å². The number of aliphatic carboxylic acids is 1. The number of rotatable bonds is 9. The molecule has 1 N–H and O–H groups in total. The van der Waals surface area contributed by atoms with E-state index >= 15 is 0 Å².